The summed E-state index contributed by atoms with van der Waals surface area (Å²) in [7, 11) is 0. The fraction of sp³-hybridized carbons (Fsp3) is 0.600. The lowest BCUT2D eigenvalue weighted by atomic mass is 10.1. The lowest BCUT2D eigenvalue weighted by Gasteiger charge is -2.30. The highest BCUT2D eigenvalue weighted by Crippen LogP contribution is 2.49. The lowest BCUT2D eigenvalue weighted by molar-refractivity contribution is -0.126. The molecule has 3 fully saturated rings. The summed E-state index contributed by atoms with van der Waals surface area (Å²) < 4.78 is 5.52. The number of nitrogens with one attached hydrogen (secondary N) is 1. The van der Waals surface area contributed by atoms with Crippen molar-refractivity contribution in [2.45, 2.75) is 69.7 Å². The molecule has 5 nitrogen and oxygen atoms in total. The van der Waals surface area contributed by atoms with E-state index in [1.165, 1.54) is 0 Å². The van der Waals surface area contributed by atoms with Crippen molar-refractivity contribution in [2.75, 3.05) is 0 Å². The van der Waals surface area contributed by atoms with Gasteiger partial charge < -0.3 is 10.1 Å². The van der Waals surface area contributed by atoms with Gasteiger partial charge in [-0.2, -0.15) is 0 Å². The largest absolute Gasteiger partial charge is 0.444 e. The van der Waals surface area contributed by atoms with E-state index in [0.717, 1.165) is 29.8 Å². The summed E-state index contributed by atoms with van der Waals surface area (Å²) in [5, 5.41) is 3.86. The van der Waals surface area contributed by atoms with E-state index in [-0.39, 0.29) is 30.0 Å². The minimum absolute atomic E-state index is 0.0670. The standard InChI is InChI=1S/C20H25ClN2O3/c1-20(2,3)26-19(25)23-16-8-11(16)9-17(23)18(24)22-15-10-13(15)12-6-4-5-7-14(12)21/h4-7,11,13,15-17H,8-10H2,1-3H3,(H,22,24)/t11-,13-,15+,16-,17+/m1/s1. The van der Waals surface area contributed by atoms with E-state index in [1.807, 2.05) is 45.0 Å². The second-order valence-corrected chi connectivity index (χ2v) is 9.09. The Labute approximate surface area is 159 Å². The summed E-state index contributed by atoms with van der Waals surface area (Å²) in [6, 6.07) is 7.61. The molecule has 4 rings (SSSR count). The summed E-state index contributed by atoms with van der Waals surface area (Å²) in [5.74, 6) is 0.637. The molecule has 5 atom stereocenters. The highest BCUT2D eigenvalue weighted by molar-refractivity contribution is 6.31. The second kappa shape index (κ2) is 6.15. The average Bonchev–Trinajstić information content (AvgIpc) is 3.44. The molecule has 0 spiro atoms. The first-order valence-corrected chi connectivity index (χ1v) is 9.68. The van der Waals surface area contributed by atoms with E-state index in [4.69, 9.17) is 16.3 Å². The topological polar surface area (TPSA) is 58.6 Å². The van der Waals surface area contributed by atoms with Crippen molar-refractivity contribution >= 4 is 23.6 Å². The fourth-order valence-corrected chi connectivity index (χ4v) is 4.30. The maximum atomic E-state index is 12.8. The van der Waals surface area contributed by atoms with Gasteiger partial charge in [-0.1, -0.05) is 29.8 Å². The molecule has 2 amide bonds. The molecular weight excluding hydrogens is 352 g/mol. The molecular formula is C20H25ClN2O3. The Morgan fingerprint density at radius 3 is 2.62 bits per heavy atom. The van der Waals surface area contributed by atoms with E-state index in [9.17, 15) is 9.59 Å². The van der Waals surface area contributed by atoms with Crippen LogP contribution in [0, 0.1) is 5.92 Å². The Bertz CT molecular complexity index is 745. The van der Waals surface area contributed by atoms with Crippen LogP contribution in [0.4, 0.5) is 4.79 Å². The van der Waals surface area contributed by atoms with Gasteiger partial charge in [0.05, 0.1) is 0 Å². The Kier molecular flexibility index (Phi) is 4.18. The van der Waals surface area contributed by atoms with Crippen LogP contribution in [0.1, 0.15) is 51.5 Å². The van der Waals surface area contributed by atoms with Crippen molar-refractivity contribution in [3.8, 4) is 0 Å². The number of carbonyl (C=O) groups is 2. The molecule has 1 heterocycles. The van der Waals surface area contributed by atoms with Crippen LogP contribution in [0.5, 0.6) is 0 Å². The summed E-state index contributed by atoms with van der Waals surface area (Å²) >= 11 is 6.26. The van der Waals surface area contributed by atoms with Crippen LogP contribution in [0.3, 0.4) is 0 Å². The van der Waals surface area contributed by atoms with Gasteiger partial charge in [0.25, 0.3) is 0 Å². The number of hydrogen-bond acceptors (Lipinski definition) is 3. The van der Waals surface area contributed by atoms with Crippen LogP contribution in [0.2, 0.25) is 5.02 Å². The predicted molar refractivity (Wildman–Crippen MR) is 99.1 cm³/mol. The Hall–Kier alpha value is -1.75. The summed E-state index contributed by atoms with van der Waals surface area (Å²) in [5.41, 5.74) is 0.522. The SMILES string of the molecule is CC(C)(C)OC(=O)N1[C@@H]2C[C@@H]2C[C@H]1C(=O)N[C@H]1C[C@@H]1c1ccccc1Cl. The number of likely N-dealkylation sites (tertiary alicyclic amines) is 1. The highest BCUT2D eigenvalue weighted by Gasteiger charge is 2.57. The van der Waals surface area contributed by atoms with Crippen molar-refractivity contribution in [3.05, 3.63) is 34.9 Å². The molecule has 0 radical (unpaired) electrons. The first kappa shape index (κ1) is 17.7. The number of ether oxygens (including phenoxy) is 1. The van der Waals surface area contributed by atoms with Crippen LogP contribution in [0.25, 0.3) is 0 Å². The molecule has 1 aliphatic heterocycles. The van der Waals surface area contributed by atoms with Crippen LogP contribution in [0.15, 0.2) is 24.3 Å². The third-order valence-corrected chi connectivity index (χ3v) is 5.78. The molecule has 2 saturated carbocycles. The highest BCUT2D eigenvalue weighted by atomic mass is 35.5. The van der Waals surface area contributed by atoms with E-state index in [1.54, 1.807) is 4.90 Å². The van der Waals surface area contributed by atoms with E-state index < -0.39 is 11.6 Å². The lowest BCUT2D eigenvalue weighted by Crippen LogP contribution is -2.50. The van der Waals surface area contributed by atoms with Gasteiger partial charge in [0, 0.05) is 23.0 Å². The Morgan fingerprint density at radius 2 is 1.92 bits per heavy atom. The summed E-state index contributed by atoms with van der Waals surface area (Å²) in [6.45, 7) is 5.54. The monoisotopic (exact) mass is 376 g/mol. The molecule has 0 aromatic heterocycles. The molecule has 0 bridgehead atoms. The number of carbonyl (C=O) groups excluding carboxylic acids is 2. The molecule has 2 aliphatic carbocycles. The van der Waals surface area contributed by atoms with Crippen molar-refractivity contribution in [2.24, 2.45) is 5.92 Å². The van der Waals surface area contributed by atoms with Crippen LogP contribution in [-0.4, -0.2) is 40.6 Å². The normalized spacial score (nSPS) is 32.0. The van der Waals surface area contributed by atoms with Crippen molar-refractivity contribution < 1.29 is 14.3 Å². The number of amides is 2. The maximum absolute atomic E-state index is 12.8. The van der Waals surface area contributed by atoms with Crippen LogP contribution in [-0.2, 0) is 9.53 Å². The number of fused-ring (bicyclic) bond motifs is 1. The summed E-state index contributed by atoms with van der Waals surface area (Å²) in [4.78, 5) is 27.0. The first-order valence-electron chi connectivity index (χ1n) is 9.31. The van der Waals surface area contributed by atoms with Gasteiger partial charge in [-0.05, 0) is 57.6 Å². The summed E-state index contributed by atoms with van der Waals surface area (Å²) in [6.07, 6.45) is 2.23. The van der Waals surface area contributed by atoms with Gasteiger partial charge in [-0.25, -0.2) is 4.79 Å². The number of piperidine rings is 1. The van der Waals surface area contributed by atoms with Crippen molar-refractivity contribution in [1.29, 1.82) is 0 Å². The number of halogens is 1. The second-order valence-electron chi connectivity index (χ2n) is 8.68. The molecule has 1 saturated heterocycles. The van der Waals surface area contributed by atoms with E-state index in [0.29, 0.717) is 5.92 Å². The smallest absolute Gasteiger partial charge is 0.411 e. The van der Waals surface area contributed by atoms with Gasteiger partial charge >= 0.3 is 6.09 Å². The zero-order valence-electron chi connectivity index (χ0n) is 15.4. The van der Waals surface area contributed by atoms with Gasteiger partial charge in [-0.15, -0.1) is 0 Å². The zero-order chi connectivity index (χ0) is 18.6. The van der Waals surface area contributed by atoms with E-state index in [2.05, 4.69) is 5.32 Å². The molecule has 6 heteroatoms. The third kappa shape index (κ3) is 3.41. The number of rotatable bonds is 3. The number of benzene rings is 1. The van der Waals surface area contributed by atoms with Crippen LogP contribution >= 0.6 is 11.6 Å². The minimum atomic E-state index is -0.559. The first-order chi connectivity index (χ1) is 12.2. The Morgan fingerprint density at radius 1 is 1.19 bits per heavy atom. The maximum Gasteiger partial charge on any atom is 0.411 e. The van der Waals surface area contributed by atoms with Gasteiger partial charge in [0.15, 0.2) is 0 Å². The zero-order valence-corrected chi connectivity index (χ0v) is 16.1. The third-order valence-electron chi connectivity index (χ3n) is 5.43. The molecule has 1 aromatic rings. The molecule has 26 heavy (non-hydrogen) atoms. The number of nitrogens with zero attached hydrogens (tertiary/aromatic N) is 1. The van der Waals surface area contributed by atoms with E-state index >= 15 is 0 Å². The van der Waals surface area contributed by atoms with Gasteiger partial charge in [0.1, 0.15) is 11.6 Å². The van der Waals surface area contributed by atoms with Crippen molar-refractivity contribution in [1.82, 2.24) is 10.2 Å². The van der Waals surface area contributed by atoms with Crippen molar-refractivity contribution in [3.63, 3.8) is 0 Å². The molecule has 1 aromatic carbocycles. The Balaban J connectivity index is 1.39. The number of hydrogen-bond donors (Lipinski definition) is 1. The van der Waals surface area contributed by atoms with Gasteiger partial charge in [-0.3, -0.25) is 9.69 Å². The quantitative estimate of drug-likeness (QED) is 0.874. The average molecular weight is 377 g/mol. The molecule has 140 valence electrons. The molecule has 3 aliphatic rings. The minimum Gasteiger partial charge on any atom is -0.444 e. The van der Waals surface area contributed by atoms with Gasteiger partial charge in [0.2, 0.25) is 5.91 Å². The predicted octanol–water partition coefficient (Wildman–Crippen LogP) is 3.71. The molecule has 0 unspecified atom stereocenters. The molecule has 1 N–H and O–H groups in total. The van der Waals surface area contributed by atoms with Crippen LogP contribution < -0.4 is 5.32 Å². The fourth-order valence-electron chi connectivity index (χ4n) is 4.02.